The highest BCUT2D eigenvalue weighted by Gasteiger charge is 2.13. The number of hydrogen-bond acceptors (Lipinski definition) is 4. The number of aliphatic hydroxyl groups excluding tert-OH is 1. The molecular weight excluding hydrogens is 238 g/mol. The summed E-state index contributed by atoms with van der Waals surface area (Å²) in [5, 5.41) is 19.9. The number of para-hydroxylation sites is 1. The second-order valence-corrected chi connectivity index (χ2v) is 3.54. The minimum absolute atomic E-state index is 0.00605. The number of rotatable bonds is 6. The molecule has 0 bridgehead atoms. The Hall–Kier alpha value is -2.08. The molecule has 1 rings (SSSR count). The van der Waals surface area contributed by atoms with Crippen molar-refractivity contribution in [1.82, 2.24) is 5.32 Å². The molecule has 1 aromatic carbocycles. The average Bonchev–Trinajstić information content (AvgIpc) is 2.33. The second-order valence-electron chi connectivity index (χ2n) is 3.54. The van der Waals surface area contributed by atoms with E-state index in [0.29, 0.717) is 0 Å². The molecule has 0 aliphatic rings. The lowest BCUT2D eigenvalue weighted by Crippen LogP contribution is -2.31. The van der Waals surface area contributed by atoms with Gasteiger partial charge in [-0.05, 0) is 19.1 Å². The highest BCUT2D eigenvalue weighted by Crippen LogP contribution is 2.17. The van der Waals surface area contributed by atoms with E-state index in [2.05, 4.69) is 12.2 Å². The van der Waals surface area contributed by atoms with Crippen molar-refractivity contribution in [3.8, 4) is 5.75 Å². The molecule has 0 aliphatic carbocycles. The van der Waals surface area contributed by atoms with Gasteiger partial charge < -0.3 is 20.3 Å². The van der Waals surface area contributed by atoms with Gasteiger partial charge in [0.25, 0.3) is 5.91 Å². The largest absolute Gasteiger partial charge is 0.481 e. The van der Waals surface area contributed by atoms with E-state index >= 15 is 0 Å². The van der Waals surface area contributed by atoms with Crippen molar-refractivity contribution in [3.63, 3.8) is 0 Å². The monoisotopic (exact) mass is 252 g/mol. The van der Waals surface area contributed by atoms with Gasteiger partial charge >= 0.3 is 5.97 Å². The van der Waals surface area contributed by atoms with E-state index in [0.717, 1.165) is 0 Å². The summed E-state index contributed by atoms with van der Waals surface area (Å²) in [6.45, 7) is 2.80. The topological polar surface area (TPSA) is 95.9 Å². The van der Waals surface area contributed by atoms with Crippen LogP contribution in [0, 0.1) is 6.92 Å². The maximum atomic E-state index is 11.7. The summed E-state index contributed by atoms with van der Waals surface area (Å²) in [7, 11) is 0. The lowest BCUT2D eigenvalue weighted by molar-refractivity contribution is -0.139. The first kappa shape index (κ1) is 14.0. The summed E-state index contributed by atoms with van der Waals surface area (Å²) >= 11 is 0. The molecule has 0 aromatic heterocycles. The molecule has 0 saturated carbocycles. The molecule has 1 aromatic rings. The predicted octanol–water partition coefficient (Wildman–Crippen LogP) is 0.0748. The summed E-state index contributed by atoms with van der Waals surface area (Å²) < 4.78 is 4.99. The zero-order valence-corrected chi connectivity index (χ0v) is 9.63. The van der Waals surface area contributed by atoms with Crippen LogP contribution in [-0.2, 0) is 4.79 Å². The number of nitrogens with one attached hydrogen (secondary N) is 1. The third-order valence-corrected chi connectivity index (χ3v) is 1.98. The van der Waals surface area contributed by atoms with Crippen LogP contribution in [-0.4, -0.2) is 41.3 Å². The first-order valence-corrected chi connectivity index (χ1v) is 5.23. The standard InChI is InChI=1S/C12H14NO5/c1-8(14)6-13-12(17)9-4-2-3-5-10(9)18-7-11(15)16/h2-5,8,14H,1,6-7H2,(H,13,17)(H,15,16). The van der Waals surface area contributed by atoms with Crippen LogP contribution in [0.15, 0.2) is 24.3 Å². The molecule has 0 spiro atoms. The number of carboxylic acid groups (broad SMARTS) is 1. The molecule has 0 aliphatic heterocycles. The fraction of sp³-hybridized carbons (Fsp3) is 0.250. The van der Waals surface area contributed by atoms with Gasteiger partial charge in [-0.15, -0.1) is 0 Å². The van der Waals surface area contributed by atoms with Crippen LogP contribution in [0.2, 0.25) is 0 Å². The van der Waals surface area contributed by atoms with E-state index in [1.165, 1.54) is 12.1 Å². The molecule has 1 amide bonds. The first-order chi connectivity index (χ1) is 8.50. The van der Waals surface area contributed by atoms with Gasteiger partial charge in [0.2, 0.25) is 0 Å². The fourth-order valence-corrected chi connectivity index (χ4v) is 1.23. The highest BCUT2D eigenvalue weighted by molar-refractivity contribution is 5.97. The fourth-order valence-electron chi connectivity index (χ4n) is 1.23. The van der Waals surface area contributed by atoms with Crippen molar-refractivity contribution < 1.29 is 24.5 Å². The number of carbonyl (C=O) groups is 2. The first-order valence-electron chi connectivity index (χ1n) is 5.23. The summed E-state index contributed by atoms with van der Waals surface area (Å²) in [4.78, 5) is 22.1. The summed E-state index contributed by atoms with van der Waals surface area (Å²) in [5.74, 6) is -1.41. The van der Waals surface area contributed by atoms with Crippen molar-refractivity contribution in [2.45, 2.75) is 6.10 Å². The minimum Gasteiger partial charge on any atom is -0.481 e. The van der Waals surface area contributed by atoms with Crippen LogP contribution in [0.4, 0.5) is 0 Å². The zero-order valence-electron chi connectivity index (χ0n) is 9.63. The van der Waals surface area contributed by atoms with Crippen LogP contribution in [0.3, 0.4) is 0 Å². The lowest BCUT2D eigenvalue weighted by Gasteiger charge is -2.11. The quantitative estimate of drug-likeness (QED) is 0.666. The summed E-state index contributed by atoms with van der Waals surface area (Å²) in [5.41, 5.74) is 0.208. The highest BCUT2D eigenvalue weighted by atomic mass is 16.5. The zero-order chi connectivity index (χ0) is 13.5. The Morgan fingerprint density at radius 1 is 1.39 bits per heavy atom. The Morgan fingerprint density at radius 2 is 2.06 bits per heavy atom. The van der Waals surface area contributed by atoms with E-state index in [-0.39, 0.29) is 17.9 Å². The maximum absolute atomic E-state index is 11.7. The normalized spacial score (nSPS) is 11.7. The van der Waals surface area contributed by atoms with Crippen molar-refractivity contribution >= 4 is 11.9 Å². The number of ether oxygens (including phenoxy) is 1. The van der Waals surface area contributed by atoms with E-state index in [9.17, 15) is 9.59 Å². The minimum atomic E-state index is -1.13. The molecule has 3 N–H and O–H groups in total. The van der Waals surface area contributed by atoms with E-state index in [1.54, 1.807) is 12.1 Å². The van der Waals surface area contributed by atoms with E-state index in [4.69, 9.17) is 14.9 Å². The third kappa shape index (κ3) is 4.42. The molecule has 6 heteroatoms. The smallest absolute Gasteiger partial charge is 0.341 e. The Balaban J connectivity index is 2.74. The summed E-state index contributed by atoms with van der Waals surface area (Å²) in [6, 6.07) is 6.26. The number of amides is 1. The van der Waals surface area contributed by atoms with E-state index in [1.807, 2.05) is 0 Å². The Labute approximate surface area is 104 Å². The third-order valence-electron chi connectivity index (χ3n) is 1.98. The van der Waals surface area contributed by atoms with Crippen molar-refractivity contribution in [2.75, 3.05) is 13.2 Å². The van der Waals surface area contributed by atoms with Gasteiger partial charge in [-0.3, -0.25) is 4.79 Å². The molecule has 1 atom stereocenters. The SMILES string of the molecule is [CH2]C(O)CNC(=O)c1ccccc1OCC(=O)O. The van der Waals surface area contributed by atoms with Crippen LogP contribution >= 0.6 is 0 Å². The van der Waals surface area contributed by atoms with Gasteiger partial charge in [0.1, 0.15) is 5.75 Å². The van der Waals surface area contributed by atoms with Gasteiger partial charge in [0, 0.05) is 6.54 Å². The van der Waals surface area contributed by atoms with Gasteiger partial charge in [-0.25, -0.2) is 4.79 Å². The Morgan fingerprint density at radius 3 is 2.67 bits per heavy atom. The van der Waals surface area contributed by atoms with Crippen molar-refractivity contribution in [1.29, 1.82) is 0 Å². The van der Waals surface area contributed by atoms with Crippen molar-refractivity contribution in [3.05, 3.63) is 36.8 Å². The Kier molecular flexibility index (Phi) is 5.13. The van der Waals surface area contributed by atoms with Crippen LogP contribution in [0.1, 0.15) is 10.4 Å². The molecular formula is C12H14NO5. The van der Waals surface area contributed by atoms with Crippen molar-refractivity contribution in [2.24, 2.45) is 0 Å². The molecule has 1 unspecified atom stereocenters. The second kappa shape index (κ2) is 6.61. The predicted molar refractivity (Wildman–Crippen MR) is 63.3 cm³/mol. The van der Waals surface area contributed by atoms with E-state index < -0.39 is 24.6 Å². The molecule has 0 saturated heterocycles. The Bertz CT molecular complexity index is 430. The number of aliphatic carboxylic acids is 1. The van der Waals surface area contributed by atoms with Crippen LogP contribution in [0.25, 0.3) is 0 Å². The van der Waals surface area contributed by atoms with Crippen LogP contribution in [0.5, 0.6) is 5.75 Å². The molecule has 0 fully saturated rings. The molecule has 1 radical (unpaired) electrons. The number of aliphatic hydroxyl groups is 1. The van der Waals surface area contributed by atoms with Gasteiger partial charge in [-0.2, -0.15) is 0 Å². The van der Waals surface area contributed by atoms with Gasteiger partial charge in [-0.1, -0.05) is 12.1 Å². The lowest BCUT2D eigenvalue weighted by atomic mass is 10.2. The molecule has 97 valence electrons. The average molecular weight is 252 g/mol. The molecule has 0 heterocycles. The van der Waals surface area contributed by atoms with Gasteiger partial charge in [0.05, 0.1) is 11.7 Å². The van der Waals surface area contributed by atoms with Crippen LogP contribution < -0.4 is 10.1 Å². The molecule has 18 heavy (non-hydrogen) atoms. The number of carboxylic acids is 1. The molecule has 6 nitrogen and oxygen atoms in total. The maximum Gasteiger partial charge on any atom is 0.341 e. The summed E-state index contributed by atoms with van der Waals surface area (Å²) in [6.07, 6.45) is -0.902. The number of benzene rings is 1. The number of carbonyl (C=O) groups excluding carboxylic acids is 1. The van der Waals surface area contributed by atoms with Gasteiger partial charge in [0.15, 0.2) is 6.61 Å². The number of hydrogen-bond donors (Lipinski definition) is 3.